The van der Waals surface area contributed by atoms with Gasteiger partial charge in [-0.2, -0.15) is 0 Å². The smallest absolute Gasteiger partial charge is 0.320 e. The number of pyridine rings is 1. The largest absolute Gasteiger partial charge is 0.480 e. The van der Waals surface area contributed by atoms with Gasteiger partial charge in [-0.1, -0.05) is 159 Å². The molecule has 298 valence electrons. The molecule has 5 aromatic rings. The molecule has 0 radical (unpaired) electrons. The van der Waals surface area contributed by atoms with E-state index in [9.17, 15) is 19.8 Å². The van der Waals surface area contributed by atoms with E-state index >= 15 is 0 Å². The molecule has 4 aromatic carbocycles. The molecule has 3 N–H and O–H groups in total. The maximum absolute atomic E-state index is 12.9. The standard InChI is InChI=1S/C47H54ClN3O4SSi/c1-57(2,3)31-29-44(46(54)55)51(34-36-25-27-40(48)28-26-36)35-42-23-15-22-41(50-42)33-49-45(53)32-43(52)24-13-14-30-56-47(37-16-7-4-8-17-37,38-18-9-5-10-19-38)39-20-11-6-12-21-39/h4-13,15-28,43-44,52H,14,29-35H2,1-3H3,(H,49,53)(H,54,55)/t43?,44-/m0/s1. The molecule has 1 amide bonds. The quantitative estimate of drug-likeness (QED) is 0.0293. The fraction of sp³-hybridized carbons (Fsp3) is 0.298. The number of aliphatic carboxylic acids is 1. The van der Waals surface area contributed by atoms with E-state index in [4.69, 9.17) is 16.6 Å². The highest BCUT2D eigenvalue weighted by Gasteiger charge is 2.36. The van der Waals surface area contributed by atoms with Crippen LogP contribution < -0.4 is 5.32 Å². The summed E-state index contributed by atoms with van der Waals surface area (Å²) in [6.07, 6.45) is 3.92. The molecule has 0 aliphatic heterocycles. The third-order valence-corrected chi connectivity index (χ3v) is 13.4. The van der Waals surface area contributed by atoms with Crippen LogP contribution in [0.3, 0.4) is 0 Å². The van der Waals surface area contributed by atoms with Crippen molar-refractivity contribution >= 4 is 43.3 Å². The molecule has 1 aromatic heterocycles. The summed E-state index contributed by atoms with van der Waals surface area (Å²) in [6, 6.07) is 44.9. The van der Waals surface area contributed by atoms with E-state index in [-0.39, 0.29) is 18.9 Å². The number of rotatable bonds is 21. The van der Waals surface area contributed by atoms with Gasteiger partial charge < -0.3 is 15.5 Å². The Bertz CT molecular complexity index is 1930. The van der Waals surface area contributed by atoms with Crippen LogP contribution in [0.1, 0.15) is 52.9 Å². The summed E-state index contributed by atoms with van der Waals surface area (Å²) >= 11 is 7.98. The first-order valence-electron chi connectivity index (χ1n) is 19.5. The maximum Gasteiger partial charge on any atom is 0.320 e. The molecule has 0 fully saturated rings. The molecular formula is C47H54ClN3O4SSi. The van der Waals surface area contributed by atoms with Crippen LogP contribution in [0.4, 0.5) is 0 Å². The second-order valence-corrected chi connectivity index (χ2v) is 22.9. The first kappa shape index (κ1) is 43.6. The zero-order valence-corrected chi connectivity index (χ0v) is 35.6. The average molecular weight is 821 g/mol. The van der Waals surface area contributed by atoms with Gasteiger partial charge in [-0.3, -0.25) is 19.5 Å². The number of nitrogens with zero attached hydrogens (tertiary/aromatic N) is 2. The van der Waals surface area contributed by atoms with Gasteiger partial charge in [0.05, 0.1) is 35.2 Å². The van der Waals surface area contributed by atoms with Crippen LogP contribution in [0.15, 0.2) is 146 Å². The number of carboxylic acid groups (broad SMARTS) is 1. The van der Waals surface area contributed by atoms with Crippen molar-refractivity contribution in [2.75, 3.05) is 5.75 Å². The highest BCUT2D eigenvalue weighted by molar-refractivity contribution is 8.00. The monoisotopic (exact) mass is 819 g/mol. The molecule has 57 heavy (non-hydrogen) atoms. The van der Waals surface area contributed by atoms with Gasteiger partial charge in [0.2, 0.25) is 5.91 Å². The third-order valence-electron chi connectivity index (χ3n) is 9.79. The predicted molar refractivity (Wildman–Crippen MR) is 237 cm³/mol. The number of nitrogens with one attached hydrogen (secondary N) is 1. The Kier molecular flexibility index (Phi) is 16.3. The average Bonchev–Trinajstić information content (AvgIpc) is 3.20. The number of carbonyl (C=O) groups excluding carboxylic acids is 1. The Labute approximate surface area is 348 Å². The summed E-state index contributed by atoms with van der Waals surface area (Å²) in [5.74, 6) is -0.345. The molecule has 1 heterocycles. The SMILES string of the molecule is C[Si](C)(C)CC[C@@H](C(=O)O)N(Cc1ccc(Cl)cc1)Cc1cccc(CNC(=O)CC(O)C=CCCSC(c2ccccc2)(c2ccccc2)c2ccccc2)n1. The number of aliphatic hydroxyl groups excluding tert-OH is 1. The number of hydrogen-bond donors (Lipinski definition) is 3. The second kappa shape index (κ2) is 21.3. The van der Waals surface area contributed by atoms with Crippen molar-refractivity contribution < 1.29 is 19.8 Å². The Morgan fingerprint density at radius 3 is 1.91 bits per heavy atom. The van der Waals surface area contributed by atoms with Crippen LogP contribution >= 0.6 is 23.4 Å². The number of aromatic nitrogens is 1. The molecule has 1 unspecified atom stereocenters. The van der Waals surface area contributed by atoms with Crippen molar-refractivity contribution in [2.45, 2.75) is 81.5 Å². The fourth-order valence-electron chi connectivity index (χ4n) is 6.88. The summed E-state index contributed by atoms with van der Waals surface area (Å²) in [7, 11) is -1.49. The van der Waals surface area contributed by atoms with Crippen molar-refractivity contribution in [3.8, 4) is 0 Å². The number of halogens is 1. The van der Waals surface area contributed by atoms with Gasteiger partial charge in [0.15, 0.2) is 0 Å². The van der Waals surface area contributed by atoms with Crippen molar-refractivity contribution in [1.29, 1.82) is 0 Å². The highest BCUT2D eigenvalue weighted by Crippen LogP contribution is 2.48. The van der Waals surface area contributed by atoms with Gasteiger partial charge in [0.25, 0.3) is 0 Å². The van der Waals surface area contributed by atoms with E-state index < -0.39 is 30.9 Å². The molecule has 0 saturated carbocycles. The first-order chi connectivity index (χ1) is 27.4. The van der Waals surface area contributed by atoms with E-state index in [1.807, 2.05) is 83.4 Å². The lowest BCUT2D eigenvalue weighted by Crippen LogP contribution is -2.41. The van der Waals surface area contributed by atoms with Crippen molar-refractivity contribution in [2.24, 2.45) is 0 Å². The van der Waals surface area contributed by atoms with E-state index in [1.165, 1.54) is 16.7 Å². The molecular weight excluding hydrogens is 766 g/mol. The Morgan fingerprint density at radius 2 is 1.37 bits per heavy atom. The van der Waals surface area contributed by atoms with Gasteiger partial charge in [-0.25, -0.2) is 0 Å². The lowest BCUT2D eigenvalue weighted by atomic mass is 9.84. The van der Waals surface area contributed by atoms with Crippen LogP contribution in [-0.2, 0) is 34.0 Å². The number of benzene rings is 4. The minimum absolute atomic E-state index is 0.0719. The predicted octanol–water partition coefficient (Wildman–Crippen LogP) is 9.96. The number of aliphatic hydroxyl groups is 1. The number of allylic oxidation sites excluding steroid dienone is 1. The van der Waals surface area contributed by atoms with Gasteiger partial charge in [-0.05, 0) is 65.1 Å². The van der Waals surface area contributed by atoms with Crippen LogP contribution in [0, 0.1) is 0 Å². The summed E-state index contributed by atoms with van der Waals surface area (Å²) in [4.78, 5) is 32.2. The van der Waals surface area contributed by atoms with Gasteiger partial charge >= 0.3 is 5.97 Å². The Morgan fingerprint density at radius 1 is 0.807 bits per heavy atom. The molecule has 0 saturated heterocycles. The van der Waals surface area contributed by atoms with E-state index in [0.29, 0.717) is 42.3 Å². The molecule has 7 nitrogen and oxygen atoms in total. The normalized spacial score (nSPS) is 13.1. The van der Waals surface area contributed by atoms with Crippen LogP contribution in [-0.4, -0.2) is 57.9 Å². The van der Waals surface area contributed by atoms with Gasteiger partial charge in [0.1, 0.15) is 6.04 Å². The van der Waals surface area contributed by atoms with Crippen molar-refractivity contribution in [3.05, 3.63) is 184 Å². The lowest BCUT2D eigenvalue weighted by molar-refractivity contribution is -0.144. The Balaban J connectivity index is 1.17. The van der Waals surface area contributed by atoms with Crippen LogP contribution in [0.5, 0.6) is 0 Å². The number of thioether (sulfide) groups is 1. The molecule has 0 spiro atoms. The third kappa shape index (κ3) is 13.3. The first-order valence-corrected chi connectivity index (χ1v) is 24.6. The maximum atomic E-state index is 12.9. The van der Waals surface area contributed by atoms with Crippen molar-refractivity contribution in [1.82, 2.24) is 15.2 Å². The molecule has 0 bridgehead atoms. The summed E-state index contributed by atoms with van der Waals surface area (Å²) < 4.78 is -0.415. The molecule has 2 atom stereocenters. The van der Waals surface area contributed by atoms with Gasteiger partial charge in [-0.15, -0.1) is 11.8 Å². The summed E-state index contributed by atoms with van der Waals surface area (Å²) in [5, 5.41) is 24.6. The zero-order valence-electron chi connectivity index (χ0n) is 33.1. The minimum atomic E-state index is -1.49. The van der Waals surface area contributed by atoms with E-state index in [1.54, 1.807) is 6.08 Å². The minimum Gasteiger partial charge on any atom is -0.480 e. The van der Waals surface area contributed by atoms with Crippen LogP contribution in [0.2, 0.25) is 30.7 Å². The van der Waals surface area contributed by atoms with E-state index in [0.717, 1.165) is 17.4 Å². The van der Waals surface area contributed by atoms with Crippen LogP contribution in [0.25, 0.3) is 0 Å². The number of hydrogen-bond acceptors (Lipinski definition) is 6. The molecule has 5 rings (SSSR count). The summed E-state index contributed by atoms with van der Waals surface area (Å²) in [6.45, 7) is 7.70. The fourth-order valence-corrected chi connectivity index (χ4v) is 9.61. The second-order valence-electron chi connectivity index (χ2n) is 15.5. The summed E-state index contributed by atoms with van der Waals surface area (Å²) in [5.41, 5.74) is 5.93. The van der Waals surface area contributed by atoms with E-state index in [2.05, 4.69) is 97.8 Å². The highest BCUT2D eigenvalue weighted by atomic mass is 35.5. The van der Waals surface area contributed by atoms with Gasteiger partial charge in [0, 0.05) is 26.2 Å². The molecule has 0 aliphatic carbocycles. The number of amides is 1. The topological polar surface area (TPSA) is 103 Å². The molecule has 10 heteroatoms. The molecule has 0 aliphatic rings. The Hall–Kier alpha value is -4.51. The number of carboxylic acids is 1. The number of carbonyl (C=O) groups is 2. The lowest BCUT2D eigenvalue weighted by Gasteiger charge is -2.35. The van der Waals surface area contributed by atoms with Crippen molar-refractivity contribution in [3.63, 3.8) is 0 Å². The zero-order chi connectivity index (χ0) is 40.7.